The van der Waals surface area contributed by atoms with E-state index in [1.807, 2.05) is 20.8 Å². The van der Waals surface area contributed by atoms with Crippen LogP contribution in [-0.4, -0.2) is 30.8 Å². The standard InChI is InChI=1S/C14H28N2O2/c1-14(2,3)18-13(17)16-11-7-6-10-15-12-8-4-5-9-12/h12,15H,4-11H2,1-3H3,(H,16,17). The molecule has 1 amide bonds. The second-order valence-electron chi connectivity index (χ2n) is 6.07. The van der Waals surface area contributed by atoms with Gasteiger partial charge >= 0.3 is 6.09 Å². The van der Waals surface area contributed by atoms with E-state index in [2.05, 4.69) is 10.6 Å². The summed E-state index contributed by atoms with van der Waals surface area (Å²) in [6, 6.07) is 0.740. The fraction of sp³-hybridized carbons (Fsp3) is 0.929. The topological polar surface area (TPSA) is 50.4 Å². The van der Waals surface area contributed by atoms with Crippen LogP contribution in [0.5, 0.6) is 0 Å². The van der Waals surface area contributed by atoms with Gasteiger partial charge in [-0.25, -0.2) is 4.79 Å². The van der Waals surface area contributed by atoms with Crippen molar-refractivity contribution in [3.63, 3.8) is 0 Å². The minimum Gasteiger partial charge on any atom is -0.444 e. The fourth-order valence-corrected chi connectivity index (χ4v) is 2.19. The van der Waals surface area contributed by atoms with Crippen molar-refractivity contribution in [1.82, 2.24) is 10.6 Å². The minimum atomic E-state index is -0.409. The van der Waals surface area contributed by atoms with E-state index in [4.69, 9.17) is 4.74 Å². The van der Waals surface area contributed by atoms with Crippen molar-refractivity contribution in [2.45, 2.75) is 70.9 Å². The molecular weight excluding hydrogens is 228 g/mol. The number of unbranched alkanes of at least 4 members (excludes halogenated alkanes) is 1. The third-order valence-electron chi connectivity index (χ3n) is 3.06. The third-order valence-corrected chi connectivity index (χ3v) is 3.06. The van der Waals surface area contributed by atoms with Gasteiger partial charge in [-0.15, -0.1) is 0 Å². The number of nitrogens with one attached hydrogen (secondary N) is 2. The van der Waals surface area contributed by atoms with Gasteiger partial charge in [-0.05, 0) is 53.0 Å². The fourth-order valence-electron chi connectivity index (χ4n) is 2.19. The lowest BCUT2D eigenvalue weighted by atomic mass is 10.2. The predicted octanol–water partition coefficient (Wildman–Crippen LogP) is 2.82. The van der Waals surface area contributed by atoms with Crippen LogP contribution in [0.4, 0.5) is 4.79 Å². The summed E-state index contributed by atoms with van der Waals surface area (Å²) in [6.07, 6.45) is 7.19. The molecule has 0 aromatic rings. The molecule has 0 unspecified atom stereocenters. The van der Waals surface area contributed by atoms with Crippen LogP contribution in [0.3, 0.4) is 0 Å². The Labute approximate surface area is 111 Å². The SMILES string of the molecule is CC(C)(C)OC(=O)NCCCCNC1CCCC1. The van der Waals surface area contributed by atoms with E-state index in [-0.39, 0.29) is 6.09 Å². The molecule has 18 heavy (non-hydrogen) atoms. The molecule has 0 spiro atoms. The van der Waals surface area contributed by atoms with Gasteiger partial charge in [0.1, 0.15) is 5.60 Å². The molecule has 1 saturated carbocycles. The van der Waals surface area contributed by atoms with Gasteiger partial charge in [0.2, 0.25) is 0 Å². The largest absolute Gasteiger partial charge is 0.444 e. The number of hydrogen-bond acceptors (Lipinski definition) is 3. The van der Waals surface area contributed by atoms with Crippen molar-refractivity contribution in [2.24, 2.45) is 0 Å². The van der Waals surface area contributed by atoms with Crippen LogP contribution in [0.25, 0.3) is 0 Å². The Morgan fingerprint density at radius 3 is 2.39 bits per heavy atom. The van der Waals surface area contributed by atoms with E-state index >= 15 is 0 Å². The van der Waals surface area contributed by atoms with Gasteiger partial charge in [-0.3, -0.25) is 0 Å². The number of alkyl carbamates (subject to hydrolysis) is 1. The first-order chi connectivity index (χ1) is 8.47. The maximum absolute atomic E-state index is 11.4. The first-order valence-corrected chi connectivity index (χ1v) is 7.17. The highest BCUT2D eigenvalue weighted by molar-refractivity contribution is 5.67. The van der Waals surface area contributed by atoms with E-state index in [0.717, 1.165) is 25.4 Å². The Morgan fingerprint density at radius 2 is 1.78 bits per heavy atom. The lowest BCUT2D eigenvalue weighted by Crippen LogP contribution is -2.33. The molecule has 0 atom stereocenters. The van der Waals surface area contributed by atoms with Crippen LogP contribution in [0.15, 0.2) is 0 Å². The summed E-state index contributed by atoms with van der Waals surface area (Å²) in [6.45, 7) is 7.37. The summed E-state index contributed by atoms with van der Waals surface area (Å²) in [5.74, 6) is 0. The molecule has 1 aliphatic rings. The van der Waals surface area contributed by atoms with Crippen LogP contribution in [-0.2, 0) is 4.74 Å². The Hall–Kier alpha value is -0.770. The summed E-state index contributed by atoms with van der Waals surface area (Å²) in [5.41, 5.74) is -0.409. The zero-order valence-corrected chi connectivity index (χ0v) is 12.1. The molecule has 1 aliphatic carbocycles. The Balaban J connectivity index is 1.90. The highest BCUT2D eigenvalue weighted by Crippen LogP contribution is 2.17. The van der Waals surface area contributed by atoms with Gasteiger partial charge in [0.25, 0.3) is 0 Å². The zero-order valence-electron chi connectivity index (χ0n) is 12.1. The maximum Gasteiger partial charge on any atom is 0.407 e. The predicted molar refractivity (Wildman–Crippen MR) is 73.7 cm³/mol. The number of amides is 1. The van der Waals surface area contributed by atoms with Crippen molar-refractivity contribution >= 4 is 6.09 Å². The summed E-state index contributed by atoms with van der Waals surface area (Å²) in [5, 5.41) is 6.34. The van der Waals surface area contributed by atoms with Crippen molar-refractivity contribution in [3.05, 3.63) is 0 Å². The summed E-state index contributed by atoms with van der Waals surface area (Å²) >= 11 is 0. The number of carbonyl (C=O) groups is 1. The van der Waals surface area contributed by atoms with Crippen molar-refractivity contribution in [2.75, 3.05) is 13.1 Å². The lowest BCUT2D eigenvalue weighted by Gasteiger charge is -2.19. The lowest BCUT2D eigenvalue weighted by molar-refractivity contribution is 0.0527. The van der Waals surface area contributed by atoms with Crippen LogP contribution in [0, 0.1) is 0 Å². The molecule has 4 heteroatoms. The van der Waals surface area contributed by atoms with Gasteiger partial charge in [0.15, 0.2) is 0 Å². The van der Waals surface area contributed by atoms with Crippen molar-refractivity contribution in [1.29, 1.82) is 0 Å². The molecular formula is C14H28N2O2. The zero-order chi connectivity index (χ0) is 13.4. The molecule has 0 heterocycles. The van der Waals surface area contributed by atoms with E-state index in [9.17, 15) is 4.79 Å². The summed E-state index contributed by atoms with van der Waals surface area (Å²) in [7, 11) is 0. The molecule has 0 aliphatic heterocycles. The number of ether oxygens (including phenoxy) is 1. The molecule has 0 bridgehead atoms. The number of hydrogen-bond donors (Lipinski definition) is 2. The smallest absolute Gasteiger partial charge is 0.407 e. The van der Waals surface area contributed by atoms with Crippen molar-refractivity contribution < 1.29 is 9.53 Å². The minimum absolute atomic E-state index is 0.314. The number of carbonyl (C=O) groups excluding carboxylic acids is 1. The molecule has 1 rings (SSSR count). The van der Waals surface area contributed by atoms with Gasteiger partial charge in [-0.1, -0.05) is 12.8 Å². The molecule has 1 fully saturated rings. The quantitative estimate of drug-likeness (QED) is 0.718. The van der Waals surface area contributed by atoms with E-state index in [1.54, 1.807) is 0 Å². The molecule has 0 aromatic carbocycles. The van der Waals surface area contributed by atoms with Crippen LogP contribution >= 0.6 is 0 Å². The molecule has 0 saturated heterocycles. The molecule has 0 aromatic heterocycles. The first-order valence-electron chi connectivity index (χ1n) is 7.17. The second-order valence-corrected chi connectivity index (χ2v) is 6.07. The Kier molecular flexibility index (Phi) is 6.47. The monoisotopic (exact) mass is 256 g/mol. The summed E-state index contributed by atoms with van der Waals surface area (Å²) < 4.78 is 5.16. The highest BCUT2D eigenvalue weighted by Gasteiger charge is 2.15. The molecule has 4 nitrogen and oxygen atoms in total. The van der Waals surface area contributed by atoms with Crippen LogP contribution in [0.2, 0.25) is 0 Å². The Morgan fingerprint density at radius 1 is 1.17 bits per heavy atom. The van der Waals surface area contributed by atoms with Crippen molar-refractivity contribution in [3.8, 4) is 0 Å². The molecule has 106 valence electrons. The van der Waals surface area contributed by atoms with Crippen LogP contribution in [0.1, 0.15) is 59.3 Å². The normalized spacial score (nSPS) is 16.8. The summed E-state index contributed by atoms with van der Waals surface area (Å²) in [4.78, 5) is 11.4. The van der Waals surface area contributed by atoms with E-state index < -0.39 is 5.60 Å². The van der Waals surface area contributed by atoms with E-state index in [1.165, 1.54) is 25.7 Å². The van der Waals surface area contributed by atoms with Gasteiger partial charge in [0, 0.05) is 12.6 Å². The highest BCUT2D eigenvalue weighted by atomic mass is 16.6. The van der Waals surface area contributed by atoms with E-state index in [0.29, 0.717) is 6.54 Å². The second kappa shape index (κ2) is 7.62. The molecule has 0 radical (unpaired) electrons. The third kappa shape index (κ3) is 7.54. The Bertz CT molecular complexity index is 243. The first kappa shape index (κ1) is 15.3. The maximum atomic E-state index is 11.4. The van der Waals surface area contributed by atoms with Gasteiger partial charge in [-0.2, -0.15) is 0 Å². The number of rotatable bonds is 6. The average Bonchev–Trinajstić information content (AvgIpc) is 2.73. The van der Waals surface area contributed by atoms with Gasteiger partial charge in [0.05, 0.1) is 0 Å². The molecule has 2 N–H and O–H groups in total. The van der Waals surface area contributed by atoms with Gasteiger partial charge < -0.3 is 15.4 Å². The average molecular weight is 256 g/mol. The van der Waals surface area contributed by atoms with Crippen LogP contribution < -0.4 is 10.6 Å².